The molecule has 2 amide bonds. The van der Waals surface area contributed by atoms with Crippen LogP contribution >= 0.6 is 23.5 Å². The number of hydrogen-bond acceptors (Lipinski definition) is 9. The first-order valence-corrected chi connectivity index (χ1v) is 16.0. The Bertz CT molecular complexity index is 1520. The van der Waals surface area contributed by atoms with E-state index in [1.165, 1.54) is 0 Å². The van der Waals surface area contributed by atoms with Crippen molar-refractivity contribution in [1.29, 1.82) is 0 Å². The predicted octanol–water partition coefficient (Wildman–Crippen LogP) is 5.60. The van der Waals surface area contributed by atoms with E-state index in [-0.39, 0.29) is 50.3 Å². The zero-order valence-corrected chi connectivity index (χ0v) is 26.2. The molecule has 1 aliphatic heterocycles. The van der Waals surface area contributed by atoms with E-state index < -0.39 is 75.6 Å². The second kappa shape index (κ2) is 18.3. The minimum Gasteiger partial charge on any atom is -0.418 e. The van der Waals surface area contributed by atoms with Crippen LogP contribution in [-0.4, -0.2) is 63.8 Å². The summed E-state index contributed by atoms with van der Waals surface area (Å²) in [5.74, 6) is -16.8. The Kier molecular flexibility index (Phi) is 14.5. The first-order valence-electron chi connectivity index (χ1n) is 14.2. The van der Waals surface area contributed by atoms with Gasteiger partial charge in [0.1, 0.15) is 6.04 Å². The van der Waals surface area contributed by atoms with Crippen molar-refractivity contribution in [2.45, 2.75) is 61.9 Å². The quantitative estimate of drug-likeness (QED) is 0.0240. The molecule has 1 aliphatic rings. The fourth-order valence-electron chi connectivity index (χ4n) is 4.43. The summed E-state index contributed by atoms with van der Waals surface area (Å²) in [5, 5.41) is 5.02. The van der Waals surface area contributed by atoms with Gasteiger partial charge >= 0.3 is 5.97 Å². The Hall–Kier alpha value is -4.15. The molecule has 1 fully saturated rings. The topological polar surface area (TPSA) is 159 Å². The summed E-state index contributed by atoms with van der Waals surface area (Å²) in [6, 6.07) is 6.16. The maximum absolute atomic E-state index is 14.0. The summed E-state index contributed by atoms with van der Waals surface area (Å²) in [4.78, 5) is 68.1. The number of thioether (sulfide) groups is 2. The summed E-state index contributed by atoms with van der Waals surface area (Å²) < 4.78 is 73.0. The largest absolute Gasteiger partial charge is 0.418 e. The number of azide groups is 1. The Morgan fingerprint density at radius 1 is 0.979 bits per heavy atom. The average Bonchev–Trinajstić information content (AvgIpc) is 3.56. The summed E-state index contributed by atoms with van der Waals surface area (Å²) >= 11 is 1.47. The molecule has 3 rings (SSSR count). The molecule has 0 unspecified atom stereocenters. The number of rotatable bonds is 15. The lowest BCUT2D eigenvalue weighted by Crippen LogP contribution is -2.44. The lowest BCUT2D eigenvalue weighted by Gasteiger charge is -2.23. The third-order valence-electron chi connectivity index (χ3n) is 6.76. The van der Waals surface area contributed by atoms with E-state index in [1.54, 1.807) is 30.3 Å². The molecular formula is C29H28F5N5O6S2. The lowest BCUT2D eigenvalue weighted by molar-refractivity contribution is -0.145. The summed E-state index contributed by atoms with van der Waals surface area (Å²) in [5.41, 5.74) is 8.36. The molecule has 0 bridgehead atoms. The van der Waals surface area contributed by atoms with E-state index in [0.717, 1.165) is 16.7 Å². The molecule has 0 saturated carbocycles. The zero-order chi connectivity index (χ0) is 34.5. The summed E-state index contributed by atoms with van der Waals surface area (Å²) in [6.45, 7) is 0.160. The van der Waals surface area contributed by atoms with Gasteiger partial charge in [0.15, 0.2) is 5.12 Å². The molecule has 2 aromatic rings. The number of unbranched alkanes of at least 4 members (excludes halogenated alkanes) is 1. The Morgan fingerprint density at radius 3 is 2.30 bits per heavy atom. The van der Waals surface area contributed by atoms with Crippen LogP contribution < -0.4 is 10.1 Å². The molecule has 0 aromatic heterocycles. The van der Waals surface area contributed by atoms with E-state index in [4.69, 9.17) is 5.53 Å². The molecule has 2 atom stereocenters. The molecule has 1 N–H and O–H groups in total. The van der Waals surface area contributed by atoms with Crippen molar-refractivity contribution in [3.63, 3.8) is 0 Å². The number of esters is 1. The summed E-state index contributed by atoms with van der Waals surface area (Å²) in [7, 11) is 0. The third kappa shape index (κ3) is 10.7. The number of benzene rings is 2. The first-order chi connectivity index (χ1) is 22.4. The number of carbonyl (C=O) groups excluding carboxylic acids is 5. The van der Waals surface area contributed by atoms with Gasteiger partial charge in [-0.15, -0.1) is 0 Å². The smallest absolute Gasteiger partial charge is 0.334 e. The highest BCUT2D eigenvalue weighted by Crippen LogP contribution is 2.31. The fraction of sp³-hybridized carbons (Fsp3) is 0.414. The van der Waals surface area contributed by atoms with Crippen LogP contribution in [0, 0.1) is 29.1 Å². The van der Waals surface area contributed by atoms with Gasteiger partial charge in [0.05, 0.1) is 11.8 Å². The number of nitrogens with zero attached hydrogens (tertiary/aromatic N) is 4. The molecule has 0 spiro atoms. The Labute approximate surface area is 273 Å². The minimum atomic E-state index is -2.43. The molecule has 252 valence electrons. The Balaban J connectivity index is 1.62. The molecule has 1 saturated heterocycles. The number of carbonyl (C=O) groups is 5. The van der Waals surface area contributed by atoms with Gasteiger partial charge < -0.3 is 15.0 Å². The SMILES string of the molecule is [N-]=[N+]=NCCCCC(=O)N[C@@H](CCC(=O)Sc1ccccc1)C(=O)SCC(=O)N1CCC[C@H]1C(=O)Oc1c(F)c(F)c(F)c(F)c1F. The molecule has 1 heterocycles. The van der Waals surface area contributed by atoms with E-state index in [1.807, 2.05) is 0 Å². The second-order valence-electron chi connectivity index (χ2n) is 10.0. The molecule has 2 aromatic carbocycles. The van der Waals surface area contributed by atoms with Gasteiger partial charge in [-0.25, -0.2) is 18.0 Å². The van der Waals surface area contributed by atoms with Crippen molar-refractivity contribution in [3.05, 3.63) is 69.9 Å². The van der Waals surface area contributed by atoms with Gasteiger partial charge in [-0.2, -0.15) is 8.78 Å². The van der Waals surface area contributed by atoms with Gasteiger partial charge in [-0.3, -0.25) is 19.2 Å². The van der Waals surface area contributed by atoms with Gasteiger partial charge in [0, 0.05) is 35.7 Å². The van der Waals surface area contributed by atoms with Crippen molar-refractivity contribution in [3.8, 4) is 5.75 Å². The number of ether oxygens (including phenoxy) is 1. The summed E-state index contributed by atoms with van der Waals surface area (Å²) in [6.07, 6.45) is 0.802. The maximum Gasteiger partial charge on any atom is 0.334 e. The van der Waals surface area contributed by atoms with E-state index in [2.05, 4.69) is 20.1 Å². The van der Waals surface area contributed by atoms with E-state index >= 15 is 0 Å². The van der Waals surface area contributed by atoms with Crippen LogP contribution in [0.1, 0.15) is 44.9 Å². The highest BCUT2D eigenvalue weighted by atomic mass is 32.2. The molecule has 0 radical (unpaired) electrons. The van der Waals surface area contributed by atoms with E-state index in [9.17, 15) is 45.9 Å². The van der Waals surface area contributed by atoms with Crippen molar-refractivity contribution in [2.75, 3.05) is 18.8 Å². The van der Waals surface area contributed by atoms with Crippen molar-refractivity contribution in [2.24, 2.45) is 5.11 Å². The van der Waals surface area contributed by atoms with Crippen LogP contribution in [0.3, 0.4) is 0 Å². The first kappa shape index (κ1) is 37.3. The highest BCUT2D eigenvalue weighted by Gasteiger charge is 2.38. The minimum absolute atomic E-state index is 0.00164. The van der Waals surface area contributed by atoms with Crippen molar-refractivity contribution >= 4 is 51.5 Å². The van der Waals surface area contributed by atoms with Crippen LogP contribution in [0.25, 0.3) is 10.4 Å². The maximum atomic E-state index is 14.0. The predicted molar refractivity (Wildman–Crippen MR) is 160 cm³/mol. The number of hydrogen-bond donors (Lipinski definition) is 1. The van der Waals surface area contributed by atoms with Gasteiger partial charge in [-0.05, 0) is 49.8 Å². The number of halogens is 5. The fourth-order valence-corrected chi connectivity index (χ4v) is 6.02. The number of amides is 2. The van der Waals surface area contributed by atoms with Crippen LogP contribution in [0.4, 0.5) is 22.0 Å². The molecule has 47 heavy (non-hydrogen) atoms. The van der Waals surface area contributed by atoms with Crippen molar-refractivity contribution < 1.29 is 50.7 Å². The number of nitrogens with one attached hydrogen (secondary N) is 1. The second-order valence-corrected chi connectivity index (χ2v) is 12.1. The zero-order valence-electron chi connectivity index (χ0n) is 24.6. The highest BCUT2D eigenvalue weighted by molar-refractivity contribution is 8.14. The van der Waals surface area contributed by atoms with Crippen LogP contribution in [0.5, 0.6) is 5.75 Å². The number of likely N-dealkylation sites (tertiary alicyclic amines) is 1. The standard InChI is InChI=1S/C29H28F5N5O6S2/c30-22-23(31)25(33)27(26(34)24(22)32)45-28(43)18-9-6-14-39(18)20(41)15-46-29(44)17(37-19(40)10-4-5-13-36-38-35)11-12-21(42)47-16-7-2-1-3-8-16/h1-3,7-8,17-18H,4-6,9-15H2,(H,37,40)/t17-,18-/m0/s1. The van der Waals surface area contributed by atoms with Crippen LogP contribution in [0.15, 0.2) is 40.3 Å². The third-order valence-corrected chi connectivity index (χ3v) is 8.66. The average molecular weight is 702 g/mol. The molecule has 0 aliphatic carbocycles. The van der Waals surface area contributed by atoms with Gasteiger partial charge in [0.2, 0.25) is 51.8 Å². The molecule has 18 heteroatoms. The van der Waals surface area contributed by atoms with Crippen LogP contribution in [0.2, 0.25) is 0 Å². The van der Waals surface area contributed by atoms with Crippen LogP contribution in [-0.2, 0) is 24.0 Å². The van der Waals surface area contributed by atoms with E-state index in [0.29, 0.717) is 29.5 Å². The molecular weight excluding hydrogens is 673 g/mol. The molecule has 11 nitrogen and oxygen atoms in total. The van der Waals surface area contributed by atoms with Gasteiger partial charge in [0.25, 0.3) is 0 Å². The Morgan fingerprint density at radius 2 is 1.64 bits per heavy atom. The monoisotopic (exact) mass is 701 g/mol. The lowest BCUT2D eigenvalue weighted by atomic mass is 10.1. The van der Waals surface area contributed by atoms with Gasteiger partial charge in [-0.1, -0.05) is 46.8 Å². The normalized spacial score (nSPS) is 14.7. The van der Waals surface area contributed by atoms with Crippen molar-refractivity contribution in [1.82, 2.24) is 10.2 Å².